The first-order valence-corrected chi connectivity index (χ1v) is 31.4. The first-order valence-electron chi connectivity index (χ1n) is 31.4. The van der Waals surface area contributed by atoms with E-state index >= 15 is 0 Å². The van der Waals surface area contributed by atoms with Crippen molar-refractivity contribution in [3.63, 3.8) is 0 Å². The molecule has 6 nitrogen and oxygen atoms in total. The van der Waals surface area contributed by atoms with E-state index in [1.807, 2.05) is 0 Å². The van der Waals surface area contributed by atoms with Gasteiger partial charge < -0.3 is 20.3 Å². The third-order valence-electron chi connectivity index (χ3n) is 14.4. The summed E-state index contributed by atoms with van der Waals surface area (Å²) in [6, 6.07) is -0.551. The largest absolute Gasteiger partial charge is 0.466 e. The molecule has 0 rings (SSSR count). The highest BCUT2D eigenvalue weighted by Crippen LogP contribution is 2.17. The van der Waals surface area contributed by atoms with Crippen LogP contribution in [-0.2, 0) is 14.3 Å². The molecule has 0 aliphatic rings. The van der Waals surface area contributed by atoms with Crippen molar-refractivity contribution in [2.75, 3.05) is 13.2 Å². The van der Waals surface area contributed by atoms with Crippen LogP contribution in [0.3, 0.4) is 0 Å². The van der Waals surface area contributed by atoms with Gasteiger partial charge in [0, 0.05) is 12.8 Å². The van der Waals surface area contributed by atoms with Crippen LogP contribution in [0.15, 0.2) is 48.6 Å². The molecular formula is C65H121NO5. The summed E-state index contributed by atoms with van der Waals surface area (Å²) in [5, 5.41) is 23.4. The Morgan fingerprint density at radius 3 is 1.20 bits per heavy atom. The molecule has 0 aromatic rings. The Morgan fingerprint density at radius 1 is 0.408 bits per heavy atom. The third-order valence-corrected chi connectivity index (χ3v) is 14.4. The summed E-state index contributed by atoms with van der Waals surface area (Å²) in [5.41, 5.74) is 0. The van der Waals surface area contributed by atoms with E-state index in [0.29, 0.717) is 25.9 Å². The molecular weight excluding hydrogens is 875 g/mol. The second-order valence-corrected chi connectivity index (χ2v) is 21.4. The molecule has 0 aromatic carbocycles. The predicted octanol–water partition coefficient (Wildman–Crippen LogP) is 19.7. The van der Waals surface area contributed by atoms with Gasteiger partial charge in [0.2, 0.25) is 5.91 Å². The van der Waals surface area contributed by atoms with E-state index in [1.165, 1.54) is 212 Å². The van der Waals surface area contributed by atoms with Gasteiger partial charge in [-0.05, 0) is 83.5 Å². The number of ether oxygens (including phenoxy) is 1. The molecule has 0 radical (unpaired) electrons. The van der Waals surface area contributed by atoms with Gasteiger partial charge >= 0.3 is 5.97 Å². The van der Waals surface area contributed by atoms with Crippen LogP contribution in [0.5, 0.6) is 0 Å². The van der Waals surface area contributed by atoms with Crippen molar-refractivity contribution >= 4 is 11.9 Å². The first kappa shape index (κ1) is 68.8. The fraction of sp³-hybridized carbons (Fsp3) is 0.846. The van der Waals surface area contributed by atoms with E-state index in [0.717, 1.165) is 83.5 Å². The van der Waals surface area contributed by atoms with E-state index in [2.05, 4.69) is 67.8 Å². The Labute approximate surface area is 442 Å². The average molecular weight is 997 g/mol. The summed E-state index contributed by atoms with van der Waals surface area (Å²) < 4.78 is 5.44. The number of amides is 1. The number of aliphatic hydroxyl groups excluding tert-OH is 2. The fourth-order valence-electron chi connectivity index (χ4n) is 9.53. The number of carbonyl (C=O) groups excluding carboxylic acids is 2. The maximum absolute atomic E-state index is 12.5. The van der Waals surface area contributed by atoms with Crippen molar-refractivity contribution < 1.29 is 24.5 Å². The highest BCUT2D eigenvalue weighted by atomic mass is 16.5. The van der Waals surface area contributed by atoms with Crippen LogP contribution in [0.1, 0.15) is 328 Å². The number of nitrogens with one attached hydrogen (secondary N) is 1. The van der Waals surface area contributed by atoms with E-state index in [9.17, 15) is 19.8 Å². The van der Waals surface area contributed by atoms with Crippen molar-refractivity contribution in [2.24, 2.45) is 0 Å². The zero-order valence-electron chi connectivity index (χ0n) is 47.5. The first-order chi connectivity index (χ1) is 35.0. The summed E-state index contributed by atoms with van der Waals surface area (Å²) in [6.07, 6.45) is 76.9. The quantitative estimate of drug-likeness (QED) is 0.0244. The molecule has 2 unspecified atom stereocenters. The highest BCUT2D eigenvalue weighted by molar-refractivity contribution is 5.76. The minimum absolute atomic E-state index is 0.0279. The van der Waals surface area contributed by atoms with Gasteiger partial charge in [-0.3, -0.25) is 9.59 Å². The van der Waals surface area contributed by atoms with E-state index in [-0.39, 0.29) is 18.5 Å². The molecule has 1 amide bonds. The average Bonchev–Trinajstić information content (AvgIpc) is 3.37. The Hall–Kier alpha value is -2.18. The molecule has 2 atom stereocenters. The van der Waals surface area contributed by atoms with Crippen LogP contribution < -0.4 is 5.32 Å². The van der Waals surface area contributed by atoms with E-state index in [1.54, 1.807) is 0 Å². The van der Waals surface area contributed by atoms with Crippen molar-refractivity contribution in [3.8, 4) is 0 Å². The van der Waals surface area contributed by atoms with Crippen molar-refractivity contribution in [2.45, 2.75) is 341 Å². The molecule has 0 saturated carbocycles. The minimum atomic E-state index is -0.673. The lowest BCUT2D eigenvalue weighted by atomic mass is 10.0. The third kappa shape index (κ3) is 57.0. The molecule has 0 aliphatic carbocycles. The van der Waals surface area contributed by atoms with Crippen LogP contribution in [0, 0.1) is 0 Å². The number of esters is 1. The summed E-state index contributed by atoms with van der Waals surface area (Å²) >= 11 is 0. The molecule has 0 saturated heterocycles. The van der Waals surface area contributed by atoms with Crippen LogP contribution in [0.25, 0.3) is 0 Å². The van der Waals surface area contributed by atoms with Gasteiger partial charge in [-0.2, -0.15) is 0 Å². The number of carbonyl (C=O) groups is 2. The number of hydrogen-bond acceptors (Lipinski definition) is 5. The molecule has 0 spiro atoms. The summed E-state index contributed by atoms with van der Waals surface area (Å²) in [7, 11) is 0. The van der Waals surface area contributed by atoms with Gasteiger partial charge in [-0.25, -0.2) is 0 Å². The molecule has 0 bridgehead atoms. The highest BCUT2D eigenvalue weighted by Gasteiger charge is 2.20. The second-order valence-electron chi connectivity index (χ2n) is 21.4. The topological polar surface area (TPSA) is 95.9 Å². The van der Waals surface area contributed by atoms with Crippen LogP contribution >= 0.6 is 0 Å². The van der Waals surface area contributed by atoms with Gasteiger partial charge in [-0.1, -0.05) is 281 Å². The van der Waals surface area contributed by atoms with Crippen LogP contribution in [-0.4, -0.2) is 47.4 Å². The molecule has 0 aromatic heterocycles. The number of rotatable bonds is 58. The van der Waals surface area contributed by atoms with Crippen LogP contribution in [0.2, 0.25) is 0 Å². The van der Waals surface area contributed by atoms with Crippen molar-refractivity contribution in [1.82, 2.24) is 5.32 Å². The van der Waals surface area contributed by atoms with Gasteiger partial charge in [0.25, 0.3) is 0 Å². The smallest absolute Gasteiger partial charge is 0.305 e. The summed E-state index contributed by atoms with van der Waals surface area (Å²) in [5.74, 6) is -0.0709. The molecule has 71 heavy (non-hydrogen) atoms. The minimum Gasteiger partial charge on any atom is -0.466 e. The van der Waals surface area contributed by atoms with Gasteiger partial charge in [-0.15, -0.1) is 0 Å². The zero-order chi connectivity index (χ0) is 51.4. The Kier molecular flexibility index (Phi) is 58.5. The number of allylic oxidation sites excluding steroid dienone is 8. The maximum Gasteiger partial charge on any atom is 0.305 e. The van der Waals surface area contributed by atoms with E-state index < -0.39 is 12.1 Å². The number of hydrogen-bond donors (Lipinski definition) is 3. The van der Waals surface area contributed by atoms with Gasteiger partial charge in [0.05, 0.1) is 25.4 Å². The maximum atomic E-state index is 12.5. The second kappa shape index (κ2) is 60.4. The summed E-state index contributed by atoms with van der Waals surface area (Å²) in [4.78, 5) is 24.5. The molecule has 0 heterocycles. The lowest BCUT2D eigenvalue weighted by molar-refractivity contribution is -0.143. The summed E-state index contributed by atoms with van der Waals surface area (Å²) in [6.45, 7) is 4.88. The Morgan fingerprint density at radius 2 is 0.761 bits per heavy atom. The molecule has 416 valence electrons. The Balaban J connectivity index is 3.49. The zero-order valence-corrected chi connectivity index (χ0v) is 47.5. The fourth-order valence-corrected chi connectivity index (χ4v) is 9.53. The lowest BCUT2D eigenvalue weighted by Crippen LogP contribution is -2.45. The van der Waals surface area contributed by atoms with Gasteiger partial charge in [0.15, 0.2) is 0 Å². The van der Waals surface area contributed by atoms with Gasteiger partial charge in [0.1, 0.15) is 0 Å². The standard InChI is InChI=1S/C65H121NO5/c1-3-5-7-9-11-13-15-17-19-20-21-22-24-27-30-33-37-41-45-49-53-57-63(68)62(61-67)66-64(69)58-54-50-46-42-38-34-31-28-25-23-26-29-32-36-40-44-48-52-56-60-71-65(70)59-55-51-47-43-39-35-18-16-14-12-10-8-6-4-2/h10,12,16,18,29,32,36,40,62-63,67-68H,3-9,11,13-15,17,19-28,30-31,33-35,37-39,41-61H2,1-2H3,(H,66,69)/b12-10-,18-16-,32-29-,40-36-. The van der Waals surface area contributed by atoms with Crippen LogP contribution in [0.4, 0.5) is 0 Å². The lowest BCUT2D eigenvalue weighted by Gasteiger charge is -2.22. The number of aliphatic hydroxyl groups is 2. The molecule has 0 fully saturated rings. The van der Waals surface area contributed by atoms with Crippen molar-refractivity contribution in [3.05, 3.63) is 48.6 Å². The normalized spacial score (nSPS) is 12.9. The SMILES string of the molecule is CCCC/C=C\C/C=C\CCCCCCCC(=O)OCCCCC/C=C\C=C/CCCCCCCCCCCCC(=O)NC(CO)C(O)CCCCCCCCCCCCCCCCCCCCCCC. The molecule has 0 aliphatic heterocycles. The monoisotopic (exact) mass is 996 g/mol. The van der Waals surface area contributed by atoms with Crippen molar-refractivity contribution in [1.29, 1.82) is 0 Å². The Bertz CT molecular complexity index is 1190. The van der Waals surface area contributed by atoms with E-state index in [4.69, 9.17) is 4.74 Å². The molecule has 6 heteroatoms. The predicted molar refractivity (Wildman–Crippen MR) is 310 cm³/mol. The molecule has 3 N–H and O–H groups in total. The number of unbranched alkanes of at least 4 members (excludes halogenated alkanes) is 40.